The molecule has 10 heteroatoms. The highest BCUT2D eigenvalue weighted by Crippen LogP contribution is 2.56. The highest BCUT2D eigenvalue weighted by molar-refractivity contribution is 5.79. The number of cyclic esters (lactones) is 1. The number of benzene rings is 3. The molecule has 1 aliphatic carbocycles. The normalized spacial score (nSPS) is 24.3. The van der Waals surface area contributed by atoms with Gasteiger partial charge in [-0.2, -0.15) is 0 Å². The van der Waals surface area contributed by atoms with Crippen molar-refractivity contribution >= 4 is 17.3 Å². The van der Waals surface area contributed by atoms with Gasteiger partial charge in [0.05, 0.1) is 46.0 Å². The lowest BCUT2D eigenvalue weighted by molar-refractivity contribution is -0.141. The molecule has 4 aliphatic rings. The molecule has 2 saturated heterocycles. The first-order chi connectivity index (χ1) is 20.1. The van der Waals surface area contributed by atoms with Crippen molar-refractivity contribution in [2.24, 2.45) is 11.8 Å². The molecule has 10 nitrogen and oxygen atoms in total. The second-order valence-corrected chi connectivity index (χ2v) is 10.7. The van der Waals surface area contributed by atoms with E-state index in [1.165, 1.54) is 14.2 Å². The van der Waals surface area contributed by atoms with Crippen molar-refractivity contribution in [3.8, 4) is 28.7 Å². The monoisotopic (exact) mass is 560 g/mol. The summed E-state index contributed by atoms with van der Waals surface area (Å²) in [6.07, 6.45) is 0. The number of morpholine rings is 1. The zero-order valence-corrected chi connectivity index (χ0v) is 22.9. The average Bonchev–Trinajstić information content (AvgIpc) is 3.63. The molecule has 41 heavy (non-hydrogen) atoms. The van der Waals surface area contributed by atoms with Gasteiger partial charge in [0.2, 0.25) is 12.5 Å². The Labute approximate surface area is 237 Å². The molecule has 3 aliphatic heterocycles. The summed E-state index contributed by atoms with van der Waals surface area (Å²) in [6.45, 7) is 3.61. The molecule has 214 valence electrons. The lowest BCUT2D eigenvalue weighted by Gasteiger charge is -2.40. The number of carbonyl (C=O) groups is 1. The molecule has 3 aromatic carbocycles. The van der Waals surface area contributed by atoms with Gasteiger partial charge in [0.1, 0.15) is 0 Å². The van der Waals surface area contributed by atoms with Crippen molar-refractivity contribution < 1.29 is 38.3 Å². The van der Waals surface area contributed by atoms with E-state index < -0.39 is 5.92 Å². The number of fused-ring (bicyclic) bond motifs is 3. The van der Waals surface area contributed by atoms with E-state index in [0.29, 0.717) is 11.5 Å². The summed E-state index contributed by atoms with van der Waals surface area (Å²) < 4.78 is 33.7. The van der Waals surface area contributed by atoms with E-state index >= 15 is 0 Å². The molecule has 0 unspecified atom stereocenters. The molecule has 0 bridgehead atoms. The highest BCUT2D eigenvalue weighted by atomic mass is 16.7. The zero-order chi connectivity index (χ0) is 28.1. The van der Waals surface area contributed by atoms with Crippen molar-refractivity contribution in [1.29, 1.82) is 0 Å². The molecule has 0 saturated carbocycles. The number of nitrogens with zero attached hydrogens (tertiary/aromatic N) is 1. The Hall–Kier alpha value is -4.31. The standard InChI is InChI=1S/C31H32N2O8/c1-36-25-11-17(12-26(37-2)30(25)34)27-20-13-23-24(41-16-40-23)14-21(20)29(22-15-39-31(35)28(22)27)32-18-3-5-19(6-4-18)33-7-9-38-10-8-33/h3-6,11-14,22,27-29,32,34H,7-10,15-16H2,1-2H3/t22-,27+,28-,29+/m0/s1. The Morgan fingerprint density at radius 3 is 2.22 bits per heavy atom. The first-order valence-electron chi connectivity index (χ1n) is 13.8. The van der Waals surface area contributed by atoms with Crippen LogP contribution in [0.15, 0.2) is 48.5 Å². The van der Waals surface area contributed by atoms with Crippen molar-refractivity contribution in [3.05, 3.63) is 65.2 Å². The quantitative estimate of drug-likeness (QED) is 0.429. The van der Waals surface area contributed by atoms with Gasteiger partial charge in [-0.1, -0.05) is 0 Å². The predicted molar refractivity (Wildman–Crippen MR) is 149 cm³/mol. The van der Waals surface area contributed by atoms with Crippen LogP contribution in [0.4, 0.5) is 11.4 Å². The van der Waals surface area contributed by atoms with Gasteiger partial charge in [-0.15, -0.1) is 0 Å². The van der Waals surface area contributed by atoms with Gasteiger partial charge >= 0.3 is 5.97 Å². The summed E-state index contributed by atoms with van der Waals surface area (Å²) in [5, 5.41) is 14.3. The predicted octanol–water partition coefficient (Wildman–Crippen LogP) is 4.06. The molecule has 0 amide bonds. The highest BCUT2D eigenvalue weighted by Gasteiger charge is 2.52. The summed E-state index contributed by atoms with van der Waals surface area (Å²) in [4.78, 5) is 15.7. The number of ether oxygens (including phenoxy) is 6. The first-order valence-corrected chi connectivity index (χ1v) is 13.8. The molecular formula is C31H32N2O8. The third-order valence-electron chi connectivity index (χ3n) is 8.61. The Kier molecular flexibility index (Phi) is 6.42. The summed E-state index contributed by atoms with van der Waals surface area (Å²) in [6, 6.07) is 15.7. The van der Waals surface area contributed by atoms with E-state index in [-0.39, 0.29) is 54.5 Å². The third kappa shape index (κ3) is 4.33. The average molecular weight is 561 g/mol. The summed E-state index contributed by atoms with van der Waals surface area (Å²) in [5.74, 6) is 0.457. The lowest BCUT2D eigenvalue weighted by atomic mass is 9.65. The van der Waals surface area contributed by atoms with Crippen molar-refractivity contribution in [2.45, 2.75) is 12.0 Å². The molecule has 2 fully saturated rings. The number of anilines is 2. The number of hydrogen-bond acceptors (Lipinski definition) is 10. The molecule has 0 aromatic heterocycles. The maximum Gasteiger partial charge on any atom is 0.310 e. The molecule has 7 rings (SSSR count). The van der Waals surface area contributed by atoms with Crippen LogP contribution in [0.25, 0.3) is 0 Å². The molecule has 2 N–H and O–H groups in total. The van der Waals surface area contributed by atoms with Gasteiger partial charge in [0, 0.05) is 36.3 Å². The van der Waals surface area contributed by atoms with Crippen LogP contribution in [0, 0.1) is 11.8 Å². The zero-order valence-electron chi connectivity index (χ0n) is 22.9. The third-order valence-corrected chi connectivity index (χ3v) is 8.61. The number of aromatic hydroxyl groups is 1. The van der Waals surface area contributed by atoms with E-state index in [1.807, 2.05) is 12.1 Å². The summed E-state index contributed by atoms with van der Waals surface area (Å²) in [7, 11) is 2.98. The van der Waals surface area contributed by atoms with Crippen LogP contribution in [0.3, 0.4) is 0 Å². The molecule has 0 spiro atoms. The van der Waals surface area contributed by atoms with Crippen molar-refractivity contribution in [1.82, 2.24) is 0 Å². The molecular weight excluding hydrogens is 528 g/mol. The Balaban J connectivity index is 1.31. The van der Waals surface area contributed by atoms with E-state index in [1.54, 1.807) is 12.1 Å². The lowest BCUT2D eigenvalue weighted by Crippen LogP contribution is -2.37. The topological polar surface area (TPSA) is 108 Å². The fraction of sp³-hybridized carbons (Fsp3) is 0.387. The fourth-order valence-electron chi connectivity index (χ4n) is 6.61. The fourth-order valence-corrected chi connectivity index (χ4v) is 6.61. The van der Waals surface area contributed by atoms with Gasteiger partial charge < -0.3 is 43.7 Å². The minimum absolute atomic E-state index is 0.0916. The molecule has 4 atom stereocenters. The smallest absolute Gasteiger partial charge is 0.310 e. The van der Waals surface area contributed by atoms with Gasteiger partial charge in [-0.25, -0.2) is 0 Å². The maximum atomic E-state index is 13.4. The summed E-state index contributed by atoms with van der Waals surface area (Å²) >= 11 is 0. The van der Waals surface area contributed by atoms with Gasteiger partial charge in [-0.05, 0) is 65.2 Å². The number of hydrogen-bond donors (Lipinski definition) is 2. The maximum absolute atomic E-state index is 13.4. The summed E-state index contributed by atoms with van der Waals surface area (Å²) in [5.41, 5.74) is 4.80. The van der Waals surface area contributed by atoms with Crippen LogP contribution >= 0.6 is 0 Å². The molecule has 0 radical (unpaired) electrons. The van der Waals surface area contributed by atoms with Gasteiger partial charge in [0.15, 0.2) is 23.0 Å². The van der Waals surface area contributed by atoms with Crippen LogP contribution in [-0.2, 0) is 14.3 Å². The Bertz CT molecular complexity index is 1440. The molecule has 3 heterocycles. The number of rotatable bonds is 6. The van der Waals surface area contributed by atoms with E-state index in [0.717, 1.165) is 54.4 Å². The van der Waals surface area contributed by atoms with Crippen LogP contribution in [0.2, 0.25) is 0 Å². The second kappa shape index (κ2) is 10.3. The van der Waals surface area contributed by atoms with E-state index in [4.69, 9.17) is 28.4 Å². The van der Waals surface area contributed by atoms with Crippen LogP contribution in [-0.4, -0.2) is 65.0 Å². The van der Waals surface area contributed by atoms with Crippen LogP contribution < -0.4 is 29.2 Å². The number of nitrogens with one attached hydrogen (secondary N) is 1. The van der Waals surface area contributed by atoms with Crippen LogP contribution in [0.1, 0.15) is 28.7 Å². The Morgan fingerprint density at radius 1 is 0.902 bits per heavy atom. The van der Waals surface area contributed by atoms with E-state index in [9.17, 15) is 9.90 Å². The first kappa shape index (κ1) is 25.6. The second-order valence-electron chi connectivity index (χ2n) is 10.7. The number of phenols is 1. The van der Waals surface area contributed by atoms with Gasteiger partial charge in [-0.3, -0.25) is 4.79 Å². The number of carbonyl (C=O) groups excluding carboxylic acids is 1. The number of phenolic OH excluding ortho intramolecular Hbond substituents is 1. The molecule has 3 aromatic rings. The van der Waals surface area contributed by atoms with Crippen molar-refractivity contribution in [2.75, 3.05) is 64.1 Å². The van der Waals surface area contributed by atoms with Crippen molar-refractivity contribution in [3.63, 3.8) is 0 Å². The minimum atomic E-state index is -0.480. The van der Waals surface area contributed by atoms with E-state index in [2.05, 4.69) is 34.5 Å². The Morgan fingerprint density at radius 2 is 1.56 bits per heavy atom. The minimum Gasteiger partial charge on any atom is -0.502 e. The number of methoxy groups -OCH3 is 2. The number of esters is 1. The SMILES string of the molecule is COc1cc([C@@H]2c3cc4c(cc3[C@@H](Nc3ccc(N5CCOCC5)cc3)[C@H]3COC(=O)[C@H]23)OCO4)cc(OC)c1O. The van der Waals surface area contributed by atoms with Gasteiger partial charge in [0.25, 0.3) is 0 Å². The van der Waals surface area contributed by atoms with Crippen LogP contribution in [0.5, 0.6) is 28.7 Å². The largest absolute Gasteiger partial charge is 0.502 e.